The van der Waals surface area contributed by atoms with E-state index in [4.69, 9.17) is 15.2 Å². The molecule has 0 saturated carbocycles. The fourth-order valence-electron chi connectivity index (χ4n) is 4.31. The molecular weight excluding hydrogens is 447 g/mol. The Morgan fingerprint density at radius 2 is 2.06 bits per heavy atom. The lowest BCUT2D eigenvalue weighted by Gasteiger charge is -2.17. The van der Waals surface area contributed by atoms with Crippen LogP contribution in [-0.2, 0) is 22.6 Å². The highest BCUT2D eigenvalue weighted by Gasteiger charge is 2.17. The van der Waals surface area contributed by atoms with Crippen molar-refractivity contribution >= 4 is 11.7 Å². The van der Waals surface area contributed by atoms with Gasteiger partial charge in [-0.3, -0.25) is 4.79 Å². The number of aliphatic carboxylic acids is 1. The number of rotatable bonds is 10. The number of benzene rings is 3. The van der Waals surface area contributed by atoms with Crippen molar-refractivity contribution in [3.05, 3.63) is 83.2 Å². The smallest absolute Gasteiger partial charge is 0.307 e. The average molecular weight is 479 g/mol. The van der Waals surface area contributed by atoms with Crippen molar-refractivity contribution in [1.82, 2.24) is 0 Å². The summed E-state index contributed by atoms with van der Waals surface area (Å²) >= 11 is 0. The van der Waals surface area contributed by atoms with Crippen LogP contribution in [0.3, 0.4) is 0 Å². The van der Waals surface area contributed by atoms with Crippen LogP contribution in [-0.4, -0.2) is 30.3 Å². The SMILES string of the molecule is CC(N)c1cccc(-c2cc(COc3ccccc3CC(=O)O)cc(NCC3CCCO3)c2)c1F. The molecule has 0 amide bonds. The van der Waals surface area contributed by atoms with Crippen LogP contribution in [0, 0.1) is 5.82 Å². The molecule has 7 heteroatoms. The molecule has 4 rings (SSSR count). The molecule has 2 unspecified atom stereocenters. The number of hydrogen-bond donors (Lipinski definition) is 3. The van der Waals surface area contributed by atoms with Gasteiger partial charge in [0.2, 0.25) is 0 Å². The van der Waals surface area contributed by atoms with Gasteiger partial charge in [0.15, 0.2) is 0 Å². The van der Waals surface area contributed by atoms with Crippen molar-refractivity contribution in [3.8, 4) is 16.9 Å². The van der Waals surface area contributed by atoms with E-state index in [0.717, 1.165) is 30.7 Å². The lowest BCUT2D eigenvalue weighted by Crippen LogP contribution is -2.18. The molecule has 0 radical (unpaired) electrons. The third kappa shape index (κ3) is 6.38. The summed E-state index contributed by atoms with van der Waals surface area (Å²) in [4.78, 5) is 11.2. The molecule has 2 atom stereocenters. The van der Waals surface area contributed by atoms with Crippen molar-refractivity contribution in [2.24, 2.45) is 5.73 Å². The number of carbonyl (C=O) groups is 1. The first-order chi connectivity index (χ1) is 16.9. The largest absolute Gasteiger partial charge is 0.489 e. The highest BCUT2D eigenvalue weighted by Crippen LogP contribution is 2.31. The first-order valence-electron chi connectivity index (χ1n) is 11.9. The second-order valence-corrected chi connectivity index (χ2v) is 8.90. The maximum atomic E-state index is 15.3. The Balaban J connectivity index is 1.63. The van der Waals surface area contributed by atoms with E-state index in [-0.39, 0.29) is 24.9 Å². The van der Waals surface area contributed by atoms with Crippen molar-refractivity contribution in [2.45, 2.75) is 44.9 Å². The van der Waals surface area contributed by atoms with Gasteiger partial charge < -0.3 is 25.6 Å². The number of halogens is 1. The van der Waals surface area contributed by atoms with Gasteiger partial charge in [0.1, 0.15) is 18.2 Å². The number of carboxylic acid groups (broad SMARTS) is 1. The second-order valence-electron chi connectivity index (χ2n) is 8.90. The summed E-state index contributed by atoms with van der Waals surface area (Å²) in [6, 6.07) is 17.7. The van der Waals surface area contributed by atoms with E-state index >= 15 is 4.39 Å². The molecule has 0 aromatic heterocycles. The number of ether oxygens (including phenoxy) is 2. The predicted molar refractivity (Wildman–Crippen MR) is 134 cm³/mol. The first-order valence-corrected chi connectivity index (χ1v) is 11.9. The van der Waals surface area contributed by atoms with Gasteiger partial charge in [-0.2, -0.15) is 0 Å². The number of hydrogen-bond acceptors (Lipinski definition) is 5. The number of anilines is 1. The van der Waals surface area contributed by atoms with E-state index in [1.54, 1.807) is 43.3 Å². The summed E-state index contributed by atoms with van der Waals surface area (Å²) in [7, 11) is 0. The molecule has 1 saturated heterocycles. The van der Waals surface area contributed by atoms with Gasteiger partial charge in [-0.25, -0.2) is 4.39 Å². The third-order valence-electron chi connectivity index (χ3n) is 6.09. The van der Waals surface area contributed by atoms with Crippen LogP contribution in [0.1, 0.15) is 42.5 Å². The molecular formula is C28H31FN2O4. The number of carboxylic acids is 1. The highest BCUT2D eigenvalue weighted by molar-refractivity contribution is 5.72. The summed E-state index contributed by atoms with van der Waals surface area (Å²) in [5.74, 6) is -0.745. The summed E-state index contributed by atoms with van der Waals surface area (Å²) in [6.45, 7) is 3.40. The van der Waals surface area contributed by atoms with Crippen molar-refractivity contribution in [3.63, 3.8) is 0 Å². The van der Waals surface area contributed by atoms with Gasteiger partial charge >= 0.3 is 5.97 Å². The van der Waals surface area contributed by atoms with Crippen LogP contribution < -0.4 is 15.8 Å². The van der Waals surface area contributed by atoms with E-state index in [1.807, 2.05) is 24.3 Å². The van der Waals surface area contributed by atoms with E-state index in [9.17, 15) is 9.90 Å². The standard InChI is InChI=1S/C28H31FN2O4/c1-18(30)24-8-4-9-25(28(24)29)21-12-19(13-22(14-21)31-16-23-7-5-11-34-23)17-35-26-10-3-2-6-20(26)15-27(32)33/h2-4,6,8-10,12-14,18,23,31H,5,7,11,15-17,30H2,1H3,(H,32,33). The van der Waals surface area contributed by atoms with E-state index in [1.165, 1.54) is 0 Å². The normalized spacial score (nSPS) is 16.1. The van der Waals surface area contributed by atoms with Crippen LogP contribution in [0.25, 0.3) is 11.1 Å². The van der Waals surface area contributed by atoms with Crippen molar-refractivity contribution in [2.75, 3.05) is 18.5 Å². The zero-order chi connectivity index (χ0) is 24.8. The molecule has 0 bridgehead atoms. The Hall–Kier alpha value is -3.42. The molecule has 4 N–H and O–H groups in total. The molecule has 1 aliphatic heterocycles. The molecule has 1 heterocycles. The molecule has 184 valence electrons. The van der Waals surface area contributed by atoms with Crippen LogP contribution in [0.2, 0.25) is 0 Å². The van der Waals surface area contributed by atoms with E-state index < -0.39 is 12.0 Å². The molecule has 1 fully saturated rings. The van der Waals surface area contributed by atoms with Gasteiger partial charge in [0.05, 0.1) is 12.5 Å². The molecule has 35 heavy (non-hydrogen) atoms. The molecule has 1 aliphatic rings. The highest BCUT2D eigenvalue weighted by atomic mass is 19.1. The topological polar surface area (TPSA) is 93.8 Å². The minimum Gasteiger partial charge on any atom is -0.489 e. The summed E-state index contributed by atoms with van der Waals surface area (Å²) in [6.07, 6.45) is 2.09. The van der Waals surface area contributed by atoms with Gasteiger partial charge in [0.25, 0.3) is 0 Å². The number of nitrogens with one attached hydrogen (secondary N) is 1. The summed E-state index contributed by atoms with van der Waals surface area (Å²) < 4.78 is 27.1. The third-order valence-corrected chi connectivity index (χ3v) is 6.09. The fraction of sp³-hybridized carbons (Fsp3) is 0.321. The minimum atomic E-state index is -0.923. The zero-order valence-electron chi connectivity index (χ0n) is 19.8. The van der Waals surface area contributed by atoms with Crippen LogP contribution in [0.4, 0.5) is 10.1 Å². The lowest BCUT2D eigenvalue weighted by atomic mass is 9.97. The molecule has 0 spiro atoms. The average Bonchev–Trinajstić information content (AvgIpc) is 3.35. The van der Waals surface area contributed by atoms with Crippen LogP contribution in [0.5, 0.6) is 5.75 Å². The lowest BCUT2D eigenvalue weighted by molar-refractivity contribution is -0.136. The maximum Gasteiger partial charge on any atom is 0.307 e. The Morgan fingerprint density at radius 1 is 1.23 bits per heavy atom. The monoisotopic (exact) mass is 478 g/mol. The van der Waals surface area contributed by atoms with Gasteiger partial charge in [-0.15, -0.1) is 0 Å². The van der Waals surface area contributed by atoms with Crippen LogP contribution >= 0.6 is 0 Å². The fourth-order valence-corrected chi connectivity index (χ4v) is 4.31. The Labute approximate surface area is 204 Å². The van der Waals surface area contributed by atoms with Gasteiger partial charge in [0, 0.05) is 41.6 Å². The maximum absolute atomic E-state index is 15.3. The van der Waals surface area contributed by atoms with E-state index in [2.05, 4.69) is 5.32 Å². The minimum absolute atomic E-state index is 0.125. The number of para-hydroxylation sites is 1. The van der Waals surface area contributed by atoms with Gasteiger partial charge in [-0.05, 0) is 55.2 Å². The van der Waals surface area contributed by atoms with E-state index in [0.29, 0.717) is 34.5 Å². The second kappa shape index (κ2) is 11.3. The Kier molecular flexibility index (Phi) is 8.00. The predicted octanol–water partition coefficient (Wildman–Crippen LogP) is 5.31. The zero-order valence-corrected chi connectivity index (χ0v) is 19.8. The molecule has 0 aliphatic carbocycles. The van der Waals surface area contributed by atoms with Crippen molar-refractivity contribution < 1.29 is 23.8 Å². The summed E-state index contributed by atoms with van der Waals surface area (Å²) in [5, 5.41) is 12.6. The first kappa shape index (κ1) is 24.7. The Morgan fingerprint density at radius 3 is 2.80 bits per heavy atom. The molecule has 6 nitrogen and oxygen atoms in total. The Bertz CT molecular complexity index is 1180. The van der Waals surface area contributed by atoms with Gasteiger partial charge in [-0.1, -0.05) is 36.4 Å². The number of nitrogens with two attached hydrogens (primary N) is 1. The quantitative estimate of drug-likeness (QED) is 0.366. The molecule has 3 aromatic carbocycles. The summed E-state index contributed by atoms with van der Waals surface area (Å²) in [5.41, 5.74) is 9.87. The van der Waals surface area contributed by atoms with Crippen LogP contribution in [0.15, 0.2) is 60.7 Å². The van der Waals surface area contributed by atoms with Crippen molar-refractivity contribution in [1.29, 1.82) is 0 Å². The molecule has 3 aromatic rings.